The molecule has 4 nitrogen and oxygen atoms in total. The smallest absolute Gasteiger partial charge is 0.325 e. The summed E-state index contributed by atoms with van der Waals surface area (Å²) in [6, 6.07) is 4.84. The maximum atomic E-state index is 11.0. The van der Waals surface area contributed by atoms with Gasteiger partial charge in [-0.15, -0.1) is 0 Å². The summed E-state index contributed by atoms with van der Waals surface area (Å²) in [4.78, 5) is 12.9. The van der Waals surface area contributed by atoms with Crippen molar-refractivity contribution in [1.29, 1.82) is 0 Å². The fraction of sp³-hybridized carbons (Fsp3) is 0.462. The SMILES string of the molecule is CC(C)c1ccc(N(C)C)c(C(N)C(=O)O)c1. The van der Waals surface area contributed by atoms with Gasteiger partial charge in [0.05, 0.1) is 0 Å². The molecule has 0 spiro atoms. The Balaban J connectivity index is 3.30. The predicted octanol–water partition coefficient (Wildman–Crippen LogP) is 1.96. The van der Waals surface area contributed by atoms with Crippen molar-refractivity contribution < 1.29 is 9.90 Å². The van der Waals surface area contributed by atoms with Crippen LogP contribution in [0.1, 0.15) is 36.9 Å². The number of carboxylic acid groups (broad SMARTS) is 1. The van der Waals surface area contributed by atoms with Crippen LogP contribution in [0.25, 0.3) is 0 Å². The topological polar surface area (TPSA) is 66.6 Å². The number of rotatable bonds is 4. The summed E-state index contributed by atoms with van der Waals surface area (Å²) in [6.45, 7) is 4.14. The van der Waals surface area contributed by atoms with Crippen LogP contribution in [0.2, 0.25) is 0 Å². The molecule has 0 amide bonds. The second-order valence-electron chi connectivity index (χ2n) is 4.68. The molecule has 0 aliphatic carbocycles. The molecule has 3 N–H and O–H groups in total. The largest absolute Gasteiger partial charge is 0.480 e. The van der Waals surface area contributed by atoms with Crippen LogP contribution in [0.4, 0.5) is 5.69 Å². The predicted molar refractivity (Wildman–Crippen MR) is 69.4 cm³/mol. The monoisotopic (exact) mass is 236 g/mol. The van der Waals surface area contributed by atoms with Crippen molar-refractivity contribution >= 4 is 11.7 Å². The Hall–Kier alpha value is -1.55. The fourth-order valence-electron chi connectivity index (χ4n) is 1.72. The Morgan fingerprint density at radius 3 is 2.35 bits per heavy atom. The van der Waals surface area contributed by atoms with E-state index >= 15 is 0 Å². The number of hydrogen-bond donors (Lipinski definition) is 2. The second kappa shape index (κ2) is 5.19. The summed E-state index contributed by atoms with van der Waals surface area (Å²) in [6.07, 6.45) is 0. The van der Waals surface area contributed by atoms with Crippen molar-refractivity contribution in [2.45, 2.75) is 25.8 Å². The maximum Gasteiger partial charge on any atom is 0.325 e. The summed E-state index contributed by atoms with van der Waals surface area (Å²) in [5.41, 5.74) is 8.33. The molecular formula is C13H20N2O2. The molecule has 0 aliphatic heterocycles. The van der Waals surface area contributed by atoms with Gasteiger partial charge in [-0.2, -0.15) is 0 Å². The summed E-state index contributed by atoms with van der Waals surface area (Å²) in [7, 11) is 3.75. The van der Waals surface area contributed by atoms with Crippen LogP contribution in [-0.4, -0.2) is 25.2 Å². The van der Waals surface area contributed by atoms with E-state index in [0.717, 1.165) is 11.3 Å². The summed E-state index contributed by atoms with van der Waals surface area (Å²) >= 11 is 0. The lowest BCUT2D eigenvalue weighted by molar-refractivity contribution is -0.138. The van der Waals surface area contributed by atoms with Crippen molar-refractivity contribution in [1.82, 2.24) is 0 Å². The molecule has 1 aromatic rings. The molecule has 0 aliphatic rings. The number of nitrogens with zero attached hydrogens (tertiary/aromatic N) is 1. The lowest BCUT2D eigenvalue weighted by Crippen LogP contribution is -2.24. The standard InChI is InChI=1S/C13H20N2O2/c1-8(2)9-5-6-11(15(3)4)10(7-9)12(14)13(16)17/h5-8,12H,14H2,1-4H3,(H,16,17). The van der Waals surface area contributed by atoms with Gasteiger partial charge in [0.15, 0.2) is 0 Å². The highest BCUT2D eigenvalue weighted by molar-refractivity contribution is 5.78. The quantitative estimate of drug-likeness (QED) is 0.838. The lowest BCUT2D eigenvalue weighted by Gasteiger charge is -2.21. The summed E-state index contributed by atoms with van der Waals surface area (Å²) < 4.78 is 0. The molecule has 1 aromatic carbocycles. The Kier molecular flexibility index (Phi) is 4.12. The van der Waals surface area contributed by atoms with Gasteiger partial charge in [-0.3, -0.25) is 4.79 Å². The Bertz CT molecular complexity index is 414. The van der Waals surface area contributed by atoms with Gasteiger partial charge in [-0.1, -0.05) is 26.0 Å². The third kappa shape index (κ3) is 2.97. The van der Waals surface area contributed by atoms with Crippen LogP contribution in [-0.2, 0) is 4.79 Å². The molecular weight excluding hydrogens is 216 g/mol. The molecule has 0 heterocycles. The second-order valence-corrected chi connectivity index (χ2v) is 4.68. The normalized spacial score (nSPS) is 12.6. The van der Waals surface area contributed by atoms with Gasteiger partial charge in [0.25, 0.3) is 0 Å². The average molecular weight is 236 g/mol. The van der Waals surface area contributed by atoms with Crippen LogP contribution in [0.3, 0.4) is 0 Å². The van der Waals surface area contributed by atoms with Crippen molar-refractivity contribution in [2.75, 3.05) is 19.0 Å². The zero-order valence-electron chi connectivity index (χ0n) is 10.8. The van der Waals surface area contributed by atoms with Gasteiger partial charge >= 0.3 is 5.97 Å². The molecule has 1 unspecified atom stereocenters. The molecule has 1 atom stereocenters. The van der Waals surface area contributed by atoms with E-state index in [1.807, 2.05) is 37.2 Å². The third-order valence-corrected chi connectivity index (χ3v) is 2.80. The van der Waals surface area contributed by atoms with E-state index < -0.39 is 12.0 Å². The first-order valence-electron chi connectivity index (χ1n) is 5.64. The molecule has 0 bridgehead atoms. The molecule has 0 fully saturated rings. The van der Waals surface area contributed by atoms with Gasteiger partial charge < -0.3 is 15.7 Å². The summed E-state index contributed by atoms with van der Waals surface area (Å²) in [5.74, 6) is -0.653. The van der Waals surface area contributed by atoms with Crippen molar-refractivity contribution in [3.63, 3.8) is 0 Å². The van der Waals surface area contributed by atoms with Gasteiger partial charge in [-0.25, -0.2) is 0 Å². The number of nitrogens with two attached hydrogens (primary N) is 1. The molecule has 17 heavy (non-hydrogen) atoms. The number of hydrogen-bond acceptors (Lipinski definition) is 3. The van der Waals surface area contributed by atoms with Crippen molar-refractivity contribution in [3.05, 3.63) is 29.3 Å². The highest BCUT2D eigenvalue weighted by Gasteiger charge is 2.20. The van der Waals surface area contributed by atoms with Gasteiger partial charge in [0.1, 0.15) is 6.04 Å². The minimum absolute atomic E-state index is 0.353. The number of anilines is 1. The average Bonchev–Trinajstić information content (AvgIpc) is 2.26. The van der Waals surface area contributed by atoms with Crippen LogP contribution in [0.5, 0.6) is 0 Å². The summed E-state index contributed by atoms with van der Waals surface area (Å²) in [5, 5.41) is 9.03. The molecule has 4 heteroatoms. The van der Waals surface area contributed by atoms with Crippen LogP contribution < -0.4 is 10.6 Å². The van der Waals surface area contributed by atoms with Crippen LogP contribution in [0.15, 0.2) is 18.2 Å². The van der Waals surface area contributed by atoms with E-state index in [0.29, 0.717) is 11.5 Å². The first kappa shape index (κ1) is 13.5. The zero-order valence-corrected chi connectivity index (χ0v) is 10.8. The third-order valence-electron chi connectivity index (χ3n) is 2.80. The Morgan fingerprint density at radius 1 is 1.35 bits per heavy atom. The molecule has 0 saturated heterocycles. The van der Waals surface area contributed by atoms with Gasteiger partial charge in [0.2, 0.25) is 0 Å². The number of aliphatic carboxylic acids is 1. The Labute approximate surface area is 102 Å². The van der Waals surface area contributed by atoms with Gasteiger partial charge in [0, 0.05) is 25.3 Å². The minimum Gasteiger partial charge on any atom is -0.480 e. The van der Waals surface area contributed by atoms with E-state index in [1.165, 1.54) is 0 Å². The van der Waals surface area contributed by atoms with Crippen molar-refractivity contribution in [2.24, 2.45) is 5.73 Å². The van der Waals surface area contributed by atoms with Crippen molar-refractivity contribution in [3.8, 4) is 0 Å². The first-order chi connectivity index (χ1) is 7.84. The highest BCUT2D eigenvalue weighted by atomic mass is 16.4. The molecule has 1 rings (SSSR count). The first-order valence-corrected chi connectivity index (χ1v) is 5.64. The number of carboxylic acids is 1. The molecule has 94 valence electrons. The Morgan fingerprint density at radius 2 is 1.94 bits per heavy atom. The number of carbonyl (C=O) groups is 1. The molecule has 0 radical (unpaired) electrons. The van der Waals surface area contributed by atoms with Gasteiger partial charge in [-0.05, 0) is 17.5 Å². The maximum absolute atomic E-state index is 11.0. The van der Waals surface area contributed by atoms with E-state index in [2.05, 4.69) is 13.8 Å². The highest BCUT2D eigenvalue weighted by Crippen LogP contribution is 2.28. The lowest BCUT2D eigenvalue weighted by atomic mass is 9.96. The fourth-order valence-corrected chi connectivity index (χ4v) is 1.72. The van der Waals surface area contributed by atoms with E-state index in [-0.39, 0.29) is 0 Å². The zero-order chi connectivity index (χ0) is 13.2. The van der Waals surface area contributed by atoms with Crippen LogP contribution in [0, 0.1) is 0 Å². The van der Waals surface area contributed by atoms with E-state index in [9.17, 15) is 4.79 Å². The van der Waals surface area contributed by atoms with E-state index in [1.54, 1.807) is 0 Å². The van der Waals surface area contributed by atoms with Crippen LogP contribution >= 0.6 is 0 Å². The molecule has 0 saturated carbocycles. The minimum atomic E-state index is -1.01. The van der Waals surface area contributed by atoms with E-state index in [4.69, 9.17) is 10.8 Å². The molecule has 0 aromatic heterocycles. The number of benzene rings is 1.